The summed E-state index contributed by atoms with van der Waals surface area (Å²) in [4.78, 5) is 16.8. The lowest BCUT2D eigenvalue weighted by Gasteiger charge is -2.38. The van der Waals surface area contributed by atoms with Crippen LogP contribution < -0.4 is 10.2 Å². The van der Waals surface area contributed by atoms with Gasteiger partial charge in [0, 0.05) is 37.6 Å². The summed E-state index contributed by atoms with van der Waals surface area (Å²) >= 11 is 0. The zero-order chi connectivity index (χ0) is 21.9. The molecule has 0 spiro atoms. The number of nitrogens with zero attached hydrogens (tertiary/aromatic N) is 2. The molecule has 1 heterocycles. The number of carbonyl (C=O) groups is 1. The summed E-state index contributed by atoms with van der Waals surface area (Å²) in [5, 5.41) is 3.04. The third-order valence-corrected chi connectivity index (χ3v) is 5.62. The van der Waals surface area contributed by atoms with E-state index in [1.807, 2.05) is 36.1 Å². The van der Waals surface area contributed by atoms with E-state index >= 15 is 0 Å². The molecule has 1 amide bonds. The standard InChI is InChI=1S/C23H28F3N3O/c1-16(2)20-9-4-5-10-21(20)27-22(30)17(3)28-11-13-29(14-12-28)19-8-6-7-18(15-19)23(24,25)26/h4-10,15-17H,11-14H2,1-3H3,(H,27,30)/t17-/m1/s1. The van der Waals surface area contributed by atoms with Gasteiger partial charge in [0.2, 0.25) is 5.91 Å². The first-order chi connectivity index (χ1) is 14.2. The van der Waals surface area contributed by atoms with Crippen LogP contribution in [0.3, 0.4) is 0 Å². The number of alkyl halides is 3. The maximum absolute atomic E-state index is 13.0. The van der Waals surface area contributed by atoms with E-state index in [0.717, 1.165) is 17.3 Å². The summed E-state index contributed by atoms with van der Waals surface area (Å²) in [6, 6.07) is 12.9. The fraction of sp³-hybridized carbons (Fsp3) is 0.435. The number of hydrogen-bond donors (Lipinski definition) is 1. The molecule has 1 aliphatic rings. The maximum atomic E-state index is 13.0. The van der Waals surface area contributed by atoms with Crippen molar-refractivity contribution in [1.29, 1.82) is 0 Å². The molecule has 0 bridgehead atoms. The maximum Gasteiger partial charge on any atom is 0.416 e. The summed E-state index contributed by atoms with van der Waals surface area (Å²) < 4.78 is 38.9. The first kappa shape index (κ1) is 22.2. The van der Waals surface area contributed by atoms with Crippen molar-refractivity contribution in [2.24, 2.45) is 0 Å². The van der Waals surface area contributed by atoms with Crippen LogP contribution in [0.2, 0.25) is 0 Å². The van der Waals surface area contributed by atoms with E-state index in [-0.39, 0.29) is 11.9 Å². The lowest BCUT2D eigenvalue weighted by Crippen LogP contribution is -2.52. The van der Waals surface area contributed by atoms with Crippen LogP contribution in [-0.2, 0) is 11.0 Å². The van der Waals surface area contributed by atoms with Gasteiger partial charge in [-0.1, -0.05) is 38.1 Å². The molecular formula is C23H28F3N3O. The van der Waals surface area contributed by atoms with Crippen molar-refractivity contribution in [3.63, 3.8) is 0 Å². The Labute approximate surface area is 175 Å². The molecule has 2 aromatic carbocycles. The Bertz CT molecular complexity index is 874. The molecule has 1 N–H and O–H groups in total. The summed E-state index contributed by atoms with van der Waals surface area (Å²) in [6.45, 7) is 8.40. The number of halogens is 3. The van der Waals surface area contributed by atoms with E-state index in [9.17, 15) is 18.0 Å². The van der Waals surface area contributed by atoms with Crippen LogP contribution >= 0.6 is 0 Å². The number of hydrogen-bond acceptors (Lipinski definition) is 3. The van der Waals surface area contributed by atoms with Gasteiger partial charge >= 0.3 is 6.18 Å². The number of carbonyl (C=O) groups excluding carboxylic acids is 1. The van der Waals surface area contributed by atoms with Crippen molar-refractivity contribution in [3.05, 3.63) is 59.7 Å². The van der Waals surface area contributed by atoms with Crippen molar-refractivity contribution in [2.75, 3.05) is 36.4 Å². The highest BCUT2D eigenvalue weighted by molar-refractivity contribution is 5.95. The molecule has 2 aromatic rings. The average Bonchev–Trinajstić information content (AvgIpc) is 2.73. The minimum atomic E-state index is -4.35. The van der Waals surface area contributed by atoms with E-state index in [4.69, 9.17) is 0 Å². The number of anilines is 2. The third-order valence-electron chi connectivity index (χ3n) is 5.62. The molecule has 1 aliphatic heterocycles. The third kappa shape index (κ3) is 5.14. The number of amides is 1. The van der Waals surface area contributed by atoms with Gasteiger partial charge in [0.1, 0.15) is 0 Å². The molecule has 0 unspecified atom stereocenters. The fourth-order valence-electron chi connectivity index (χ4n) is 3.76. The molecule has 4 nitrogen and oxygen atoms in total. The van der Waals surface area contributed by atoms with Crippen molar-refractivity contribution >= 4 is 17.3 Å². The average molecular weight is 419 g/mol. The van der Waals surface area contributed by atoms with Gasteiger partial charge in [-0.15, -0.1) is 0 Å². The first-order valence-corrected chi connectivity index (χ1v) is 10.2. The number of para-hydroxylation sites is 1. The Morgan fingerprint density at radius 3 is 2.27 bits per heavy atom. The first-order valence-electron chi connectivity index (χ1n) is 10.2. The Morgan fingerprint density at radius 2 is 1.63 bits per heavy atom. The monoisotopic (exact) mass is 419 g/mol. The number of benzene rings is 2. The fourth-order valence-corrected chi connectivity index (χ4v) is 3.76. The summed E-state index contributed by atoms with van der Waals surface area (Å²) in [6.07, 6.45) is -4.35. The molecule has 1 fully saturated rings. The second kappa shape index (κ2) is 9.08. The Morgan fingerprint density at radius 1 is 0.967 bits per heavy atom. The smallest absolute Gasteiger partial charge is 0.369 e. The van der Waals surface area contributed by atoms with E-state index in [2.05, 4.69) is 24.1 Å². The molecule has 7 heteroatoms. The van der Waals surface area contributed by atoms with Crippen LogP contribution in [0.4, 0.5) is 24.5 Å². The molecule has 162 valence electrons. The zero-order valence-electron chi connectivity index (χ0n) is 17.5. The van der Waals surface area contributed by atoms with Gasteiger partial charge in [0.15, 0.2) is 0 Å². The molecule has 3 rings (SSSR count). The van der Waals surface area contributed by atoms with Crippen molar-refractivity contribution < 1.29 is 18.0 Å². The largest absolute Gasteiger partial charge is 0.416 e. The molecular weight excluding hydrogens is 391 g/mol. The highest BCUT2D eigenvalue weighted by atomic mass is 19.4. The van der Waals surface area contributed by atoms with Crippen LogP contribution in [0.5, 0.6) is 0 Å². The van der Waals surface area contributed by atoms with Crippen LogP contribution in [0.15, 0.2) is 48.5 Å². The lowest BCUT2D eigenvalue weighted by molar-refractivity contribution is -0.137. The van der Waals surface area contributed by atoms with Gasteiger partial charge < -0.3 is 10.2 Å². The van der Waals surface area contributed by atoms with Crippen LogP contribution in [0, 0.1) is 0 Å². The highest BCUT2D eigenvalue weighted by Gasteiger charge is 2.31. The minimum absolute atomic E-state index is 0.0735. The SMILES string of the molecule is CC(C)c1ccccc1NC(=O)[C@@H](C)N1CCN(c2cccc(C(F)(F)F)c2)CC1. The van der Waals surface area contributed by atoms with Crippen molar-refractivity contribution in [1.82, 2.24) is 4.90 Å². The lowest BCUT2D eigenvalue weighted by atomic mass is 10.0. The predicted molar refractivity (Wildman–Crippen MR) is 114 cm³/mol. The number of rotatable bonds is 5. The van der Waals surface area contributed by atoms with Gasteiger partial charge in [-0.25, -0.2) is 0 Å². The minimum Gasteiger partial charge on any atom is -0.369 e. The Balaban J connectivity index is 1.60. The second-order valence-electron chi connectivity index (χ2n) is 7.98. The number of piperazine rings is 1. The van der Waals surface area contributed by atoms with Gasteiger partial charge in [0.05, 0.1) is 11.6 Å². The van der Waals surface area contributed by atoms with Crippen LogP contribution in [0.1, 0.15) is 37.8 Å². The highest BCUT2D eigenvalue weighted by Crippen LogP contribution is 2.32. The van der Waals surface area contributed by atoms with Gasteiger partial charge in [0.25, 0.3) is 0 Å². The predicted octanol–water partition coefficient (Wildman–Crippen LogP) is 4.98. The summed E-state index contributed by atoms with van der Waals surface area (Å²) in [7, 11) is 0. The molecule has 0 aromatic heterocycles. The van der Waals surface area contributed by atoms with Crippen LogP contribution in [0.25, 0.3) is 0 Å². The van der Waals surface area contributed by atoms with Gasteiger partial charge in [-0.05, 0) is 42.7 Å². The van der Waals surface area contributed by atoms with Crippen molar-refractivity contribution in [2.45, 2.75) is 38.9 Å². The molecule has 1 saturated heterocycles. The molecule has 1 atom stereocenters. The summed E-state index contributed by atoms with van der Waals surface area (Å²) in [5.41, 5.74) is 1.84. The quantitative estimate of drug-likeness (QED) is 0.743. The molecule has 30 heavy (non-hydrogen) atoms. The molecule has 0 radical (unpaired) electrons. The van der Waals surface area contributed by atoms with E-state index in [0.29, 0.717) is 37.8 Å². The van der Waals surface area contributed by atoms with E-state index in [1.54, 1.807) is 6.07 Å². The zero-order valence-corrected chi connectivity index (χ0v) is 17.5. The Kier molecular flexibility index (Phi) is 6.71. The molecule has 0 saturated carbocycles. The van der Waals surface area contributed by atoms with E-state index in [1.165, 1.54) is 12.1 Å². The van der Waals surface area contributed by atoms with E-state index < -0.39 is 11.7 Å². The topological polar surface area (TPSA) is 35.6 Å². The normalized spacial score (nSPS) is 16.6. The number of nitrogens with one attached hydrogen (secondary N) is 1. The molecule has 0 aliphatic carbocycles. The second-order valence-corrected chi connectivity index (χ2v) is 7.98. The van der Waals surface area contributed by atoms with Gasteiger partial charge in [-0.2, -0.15) is 13.2 Å². The Hall–Kier alpha value is -2.54. The summed E-state index contributed by atoms with van der Waals surface area (Å²) in [5.74, 6) is 0.225. The van der Waals surface area contributed by atoms with Crippen LogP contribution in [-0.4, -0.2) is 43.0 Å². The van der Waals surface area contributed by atoms with Gasteiger partial charge in [-0.3, -0.25) is 9.69 Å². The van der Waals surface area contributed by atoms with Crippen molar-refractivity contribution in [3.8, 4) is 0 Å².